The molecule has 5 rings (SSSR count). The first-order valence-electron chi connectivity index (χ1n) is 5.87. The molecular weight excluding hydrogens is 212 g/mol. The highest BCUT2D eigenvalue weighted by atomic mass is 14.9. The summed E-state index contributed by atoms with van der Waals surface area (Å²) in [6, 6.07) is 8.24. The molecule has 0 aromatic heterocycles. The summed E-state index contributed by atoms with van der Waals surface area (Å²) in [4.78, 5) is 0. The quantitative estimate of drug-likeness (QED) is 0.612. The Kier molecular flexibility index (Phi) is 1.15. The Morgan fingerprint density at radius 1 is 0.706 bits per heavy atom. The third-order valence-corrected chi connectivity index (χ3v) is 5.92. The first-order chi connectivity index (χ1) is 8.22. The summed E-state index contributed by atoms with van der Waals surface area (Å²) in [5.74, 6) is 1.75. The van der Waals surface area contributed by atoms with Gasteiger partial charge in [-0.15, -0.1) is 0 Å². The monoisotopic (exact) mass is 220 g/mol. The molecule has 4 heteroatoms. The molecule has 0 saturated heterocycles. The molecule has 80 valence electrons. The average molecular weight is 220 g/mol. The lowest BCUT2D eigenvalue weighted by atomic mass is 9.58. The third-order valence-electron chi connectivity index (χ3n) is 5.92. The van der Waals surface area contributed by atoms with Crippen LogP contribution in [0.3, 0.4) is 0 Å². The molecule has 5 fully saturated rings. The van der Waals surface area contributed by atoms with Gasteiger partial charge in [0.15, 0.2) is 10.8 Å². The molecule has 17 heavy (non-hydrogen) atoms. The van der Waals surface area contributed by atoms with E-state index in [2.05, 4.69) is 24.3 Å². The zero-order valence-corrected chi connectivity index (χ0v) is 8.96. The fourth-order valence-electron chi connectivity index (χ4n) is 5.60. The zero-order chi connectivity index (χ0) is 12.0. The van der Waals surface area contributed by atoms with Crippen molar-refractivity contribution in [2.75, 3.05) is 0 Å². The Labute approximate surface area is 98.7 Å². The lowest BCUT2D eigenvalue weighted by Crippen LogP contribution is -2.44. The Balaban J connectivity index is 2.04. The van der Waals surface area contributed by atoms with Gasteiger partial charge in [0, 0.05) is 11.8 Å². The Morgan fingerprint density at radius 3 is 1.41 bits per heavy atom. The fourth-order valence-corrected chi connectivity index (χ4v) is 5.60. The van der Waals surface area contributed by atoms with Gasteiger partial charge in [0.2, 0.25) is 0 Å². The van der Waals surface area contributed by atoms with Crippen molar-refractivity contribution in [3.8, 4) is 24.3 Å². The van der Waals surface area contributed by atoms with Crippen molar-refractivity contribution < 1.29 is 0 Å². The van der Waals surface area contributed by atoms with E-state index in [1.54, 1.807) is 0 Å². The van der Waals surface area contributed by atoms with Crippen molar-refractivity contribution >= 4 is 0 Å². The Bertz CT molecular complexity index is 527. The second-order valence-electron chi connectivity index (χ2n) is 5.83. The summed E-state index contributed by atoms with van der Waals surface area (Å²) in [6.07, 6.45) is 1.03. The molecule has 0 heterocycles. The first kappa shape index (κ1) is 9.04. The average Bonchev–Trinajstić information content (AvgIpc) is 2.77. The van der Waals surface area contributed by atoms with Crippen LogP contribution in [0.25, 0.3) is 0 Å². The normalized spacial score (nSPS) is 52.0. The fraction of sp³-hybridized carbons (Fsp3) is 0.692. The molecule has 6 bridgehead atoms. The van der Waals surface area contributed by atoms with Crippen molar-refractivity contribution in [1.29, 1.82) is 21.0 Å². The van der Waals surface area contributed by atoms with Crippen LogP contribution in [-0.4, -0.2) is 0 Å². The molecule has 4 nitrogen and oxygen atoms in total. The van der Waals surface area contributed by atoms with E-state index in [0.717, 1.165) is 6.42 Å². The summed E-state index contributed by atoms with van der Waals surface area (Å²) < 4.78 is 0. The van der Waals surface area contributed by atoms with E-state index < -0.39 is 10.8 Å². The number of hydrogen-bond donors (Lipinski definition) is 0. The molecule has 0 amide bonds. The van der Waals surface area contributed by atoms with Crippen LogP contribution >= 0.6 is 0 Å². The predicted octanol–water partition coefficient (Wildman–Crippen LogP) is 1.20. The summed E-state index contributed by atoms with van der Waals surface area (Å²) in [5, 5.41) is 37.7. The van der Waals surface area contributed by atoms with Crippen LogP contribution in [0.5, 0.6) is 0 Å². The van der Waals surface area contributed by atoms with Gasteiger partial charge in [0.05, 0.1) is 24.3 Å². The summed E-state index contributed by atoms with van der Waals surface area (Å²) in [7, 11) is 0. The van der Waals surface area contributed by atoms with Gasteiger partial charge in [-0.3, -0.25) is 0 Å². The summed E-state index contributed by atoms with van der Waals surface area (Å²) >= 11 is 0. The highest BCUT2D eigenvalue weighted by molar-refractivity contribution is 5.49. The number of nitriles is 4. The highest BCUT2D eigenvalue weighted by Crippen LogP contribution is 2.88. The molecule has 5 saturated carbocycles. The van der Waals surface area contributed by atoms with Crippen LogP contribution in [0, 0.1) is 91.7 Å². The molecular formula is C13H8N4. The molecule has 5 aliphatic carbocycles. The van der Waals surface area contributed by atoms with Crippen LogP contribution < -0.4 is 0 Å². The van der Waals surface area contributed by atoms with E-state index in [4.69, 9.17) is 0 Å². The van der Waals surface area contributed by atoms with Crippen LogP contribution in [0.15, 0.2) is 0 Å². The topological polar surface area (TPSA) is 95.2 Å². The summed E-state index contributed by atoms with van der Waals surface area (Å²) in [5.41, 5.74) is -2.75. The second-order valence-corrected chi connectivity index (χ2v) is 5.83. The minimum Gasteiger partial charge on any atom is -0.196 e. The lowest BCUT2D eigenvalue weighted by molar-refractivity contribution is 0.178. The maximum absolute atomic E-state index is 9.43. The van der Waals surface area contributed by atoms with Crippen molar-refractivity contribution in [2.24, 2.45) is 46.3 Å². The first-order valence-corrected chi connectivity index (χ1v) is 5.87. The van der Waals surface area contributed by atoms with E-state index in [-0.39, 0.29) is 17.8 Å². The number of rotatable bonds is 0. The molecule has 5 aliphatic rings. The van der Waals surface area contributed by atoms with Crippen LogP contribution in [-0.2, 0) is 0 Å². The highest BCUT2D eigenvalue weighted by Gasteiger charge is 2.90. The predicted molar refractivity (Wildman–Crippen MR) is 52.9 cm³/mol. The van der Waals surface area contributed by atoms with Crippen LogP contribution in [0.4, 0.5) is 0 Å². The second kappa shape index (κ2) is 2.16. The van der Waals surface area contributed by atoms with E-state index in [0.29, 0.717) is 17.8 Å². The maximum Gasteiger partial charge on any atom is 0.179 e. The van der Waals surface area contributed by atoms with Gasteiger partial charge in [-0.25, -0.2) is 0 Å². The molecule has 0 aliphatic heterocycles. The SMILES string of the molecule is N#CC1(C#N)[C@H]2C3CC4[C@H]2[C@H]4[C@H]3C1(C#N)C#N. The number of nitrogens with zero attached hydrogens (tertiary/aromatic N) is 4. The van der Waals surface area contributed by atoms with Gasteiger partial charge in [0.25, 0.3) is 0 Å². The van der Waals surface area contributed by atoms with E-state index in [1.165, 1.54) is 0 Å². The van der Waals surface area contributed by atoms with E-state index in [9.17, 15) is 21.0 Å². The largest absolute Gasteiger partial charge is 0.196 e. The molecule has 0 spiro atoms. The minimum absolute atomic E-state index is 0.0169. The van der Waals surface area contributed by atoms with Gasteiger partial charge in [0.1, 0.15) is 0 Å². The van der Waals surface area contributed by atoms with Crippen LogP contribution in [0.1, 0.15) is 6.42 Å². The molecule has 0 radical (unpaired) electrons. The Hall–Kier alpha value is -2.04. The van der Waals surface area contributed by atoms with Crippen molar-refractivity contribution in [2.45, 2.75) is 6.42 Å². The standard InChI is InChI=1S/C13H8N4/c14-2-12(3-15)10-7-1-6-8(10)9(6)11(7)13(12,4-16)5-17/h6-11H,1H2/t6?,7?,8-,9-,10-,11-/m0/s1. The molecule has 4 atom stereocenters. The van der Waals surface area contributed by atoms with Crippen molar-refractivity contribution in [3.05, 3.63) is 0 Å². The third kappa shape index (κ3) is 0.537. The van der Waals surface area contributed by atoms with Gasteiger partial charge in [-0.05, 0) is 30.1 Å². The maximum atomic E-state index is 9.43. The zero-order valence-electron chi connectivity index (χ0n) is 8.96. The lowest BCUT2D eigenvalue weighted by Gasteiger charge is -2.34. The smallest absolute Gasteiger partial charge is 0.179 e. The molecule has 0 aromatic rings. The van der Waals surface area contributed by atoms with E-state index >= 15 is 0 Å². The number of hydrogen-bond acceptors (Lipinski definition) is 4. The summed E-state index contributed by atoms with van der Waals surface area (Å²) in [6.45, 7) is 0. The van der Waals surface area contributed by atoms with Crippen LogP contribution in [0.2, 0.25) is 0 Å². The van der Waals surface area contributed by atoms with Gasteiger partial charge in [-0.1, -0.05) is 0 Å². The van der Waals surface area contributed by atoms with Gasteiger partial charge >= 0.3 is 0 Å². The van der Waals surface area contributed by atoms with Gasteiger partial charge in [-0.2, -0.15) is 21.0 Å². The molecule has 0 N–H and O–H groups in total. The Morgan fingerprint density at radius 2 is 1.12 bits per heavy atom. The molecule has 0 unspecified atom stereocenters. The van der Waals surface area contributed by atoms with Crippen molar-refractivity contribution in [3.63, 3.8) is 0 Å². The minimum atomic E-state index is -1.38. The molecule has 0 aromatic carbocycles. The van der Waals surface area contributed by atoms with Gasteiger partial charge < -0.3 is 0 Å². The van der Waals surface area contributed by atoms with Crippen molar-refractivity contribution in [1.82, 2.24) is 0 Å². The van der Waals surface area contributed by atoms with E-state index in [1.807, 2.05) is 0 Å².